The van der Waals surface area contributed by atoms with Crippen molar-refractivity contribution in [2.75, 3.05) is 39.8 Å². The highest BCUT2D eigenvalue weighted by atomic mass is 16.6. The third-order valence-corrected chi connectivity index (χ3v) is 24.0. The zero-order valence-electron chi connectivity index (χ0n) is 54.4. The molecule has 12 aliphatic rings. The number of benzene rings is 4. The first kappa shape index (κ1) is 63.2. The maximum absolute atomic E-state index is 15.6. The number of fused-ring (bicyclic) bond motifs is 5. The lowest BCUT2D eigenvalue weighted by atomic mass is 9.44. The van der Waals surface area contributed by atoms with Gasteiger partial charge in [0.1, 0.15) is 17.3 Å². The lowest BCUT2D eigenvalue weighted by Crippen LogP contribution is -2.52. The fourth-order valence-corrected chi connectivity index (χ4v) is 19.7. The van der Waals surface area contributed by atoms with Gasteiger partial charge in [0.25, 0.3) is 0 Å². The summed E-state index contributed by atoms with van der Waals surface area (Å²) in [7, 11) is 2.05. The Morgan fingerprint density at radius 3 is 2.51 bits per heavy atom. The molecular weight excluding hydrogens is 1150 g/mol. The maximum Gasteiger partial charge on any atom is 0.340 e. The number of allylic oxidation sites excluding steroid dienone is 5. The Hall–Kier alpha value is -6.18. The van der Waals surface area contributed by atoms with E-state index in [1.54, 1.807) is 6.07 Å². The van der Waals surface area contributed by atoms with Crippen LogP contribution < -0.4 is 26.6 Å². The third kappa shape index (κ3) is 12.0. The zero-order valence-corrected chi connectivity index (χ0v) is 54.4. The molecule has 0 amide bonds. The van der Waals surface area contributed by atoms with E-state index in [9.17, 15) is 20.4 Å². The monoisotopic (exact) mass is 1240 g/mol. The fourth-order valence-electron chi connectivity index (χ4n) is 19.7. The lowest BCUT2D eigenvalue weighted by molar-refractivity contribution is -0.135. The van der Waals surface area contributed by atoms with Crippen molar-refractivity contribution < 1.29 is 39.5 Å². The van der Waals surface area contributed by atoms with Crippen LogP contribution >= 0.6 is 0 Å². The lowest BCUT2D eigenvalue weighted by Gasteiger charge is -2.56. The summed E-state index contributed by atoms with van der Waals surface area (Å²) >= 11 is 0. The largest absolute Gasteiger partial charge is 0.508 e. The first-order chi connectivity index (χ1) is 44.7. The first-order valence-electron chi connectivity index (χ1n) is 35.2. The summed E-state index contributed by atoms with van der Waals surface area (Å²) in [5, 5.41) is 66.5. The van der Waals surface area contributed by atoms with E-state index in [0.717, 1.165) is 149 Å². The van der Waals surface area contributed by atoms with Crippen LogP contribution in [0, 0.1) is 70.0 Å². The van der Waals surface area contributed by atoms with Gasteiger partial charge in [0.05, 0.1) is 28.4 Å². The number of aliphatic hydroxyl groups is 3. The molecule has 6 aliphatic heterocycles. The molecule has 486 valence electrons. The van der Waals surface area contributed by atoms with Gasteiger partial charge in [-0.1, -0.05) is 104 Å². The standard InChI is InChI=1S/C79H97N5O8/c1-4-31-81-47-53-36-50-23-32-82-46-52-14-10-15-54(38-52)60-18-17-59(86)43-64(60)69-61-21-30-79(67(92-75(88)72(69)79)40-51(25-34-85)35-49-12-6-5-7-13-49)71-62(61)19-20-63-66(91-74(87)70(63)71)22-29-77(57-24-33-83-68(42-57)80-3)44-56-41-58(78(90)27-8-9-28-78)16-11-26-76(2,89)48-84-73(65(56)45-77)55(37-50)39-53/h5-7,10,12-15,17-18,22,36-40,43,51,56-58,61-62,65,68,71,73,80-86,89-90H,4,8-9,19-21,23-35,41-42,44-48H2,1-3H3/b66-22-,67-40-/t51-,56-,57-,58+,61-,62+,65-,68+,71-,73+,76+,77+,79-/m1/s1. The number of phenolic OH excluding ortho intramolecular Hbond substituents is 1. The number of hydrogen-bond acceptors (Lipinski definition) is 13. The minimum Gasteiger partial charge on any atom is -0.508 e. The topological polar surface area (TPSA) is 194 Å². The van der Waals surface area contributed by atoms with E-state index in [1.807, 2.05) is 37.3 Å². The second-order valence-electron chi connectivity index (χ2n) is 29.8. The van der Waals surface area contributed by atoms with E-state index in [4.69, 9.17) is 9.47 Å². The number of hydrogen-bond donors (Lipinski definition) is 9. The number of carbonyl (C=O) groups excluding carboxylic acids is 2. The second-order valence-corrected chi connectivity index (χ2v) is 29.8. The minimum atomic E-state index is -1.12. The van der Waals surface area contributed by atoms with Crippen LogP contribution in [0.3, 0.4) is 0 Å². The van der Waals surface area contributed by atoms with Crippen molar-refractivity contribution in [3.8, 4) is 28.7 Å². The SMILES string of the molecule is CCCNCc1cc2cc(c1)[C@@H]1NC[C@@](C)(O)CC#C[C@H](C3(O)CCCC3)C[C@@H]3C[C@@]([C@@H]4CCN[C@H](NC)C4)(C/C=C4\OC(=O)C5=C4CC[C@H]4[C@H]6CC[C@]7(C(=C6c6cc(O)ccc6-c6cccc(c6)CNCC2)C(=O)O/C7=C\[C@H](CCO)Cc2ccccc2)[C@@H]54)C[C@H]31. The number of phenols is 1. The van der Waals surface area contributed by atoms with Crippen molar-refractivity contribution in [3.63, 3.8) is 0 Å². The molecule has 5 fully saturated rings. The molecule has 3 saturated carbocycles. The van der Waals surface area contributed by atoms with E-state index in [1.165, 1.54) is 16.7 Å². The number of aliphatic hydroxyl groups excluding tert-OH is 1. The second kappa shape index (κ2) is 26.2. The van der Waals surface area contributed by atoms with Gasteiger partial charge >= 0.3 is 11.9 Å². The number of carbonyl (C=O) groups is 2. The quantitative estimate of drug-likeness (QED) is 0.0370. The van der Waals surface area contributed by atoms with Gasteiger partial charge in [0.2, 0.25) is 0 Å². The summed E-state index contributed by atoms with van der Waals surface area (Å²) in [4.78, 5) is 31.1. The number of cyclic esters (lactones) is 1. The van der Waals surface area contributed by atoms with E-state index in [0.29, 0.717) is 80.2 Å². The van der Waals surface area contributed by atoms with Gasteiger partial charge in [-0.25, -0.2) is 9.59 Å². The average Bonchev–Trinajstić information content (AvgIpc) is 1.39. The van der Waals surface area contributed by atoms with Crippen LogP contribution in [0.1, 0.15) is 162 Å². The summed E-state index contributed by atoms with van der Waals surface area (Å²) in [6.45, 7) is 8.32. The van der Waals surface area contributed by atoms with Crippen LogP contribution in [0.25, 0.3) is 16.7 Å². The van der Waals surface area contributed by atoms with Crippen LogP contribution in [0.4, 0.5) is 0 Å². The third-order valence-electron chi connectivity index (χ3n) is 24.0. The number of aromatic hydroxyl groups is 1. The van der Waals surface area contributed by atoms with Crippen LogP contribution in [-0.4, -0.2) is 89.6 Å². The molecule has 13 nitrogen and oxygen atoms in total. The number of esters is 2. The number of ether oxygens (including phenoxy) is 2. The van der Waals surface area contributed by atoms with Crippen LogP contribution in [0.5, 0.6) is 5.75 Å². The van der Waals surface area contributed by atoms with E-state index in [-0.39, 0.29) is 71.5 Å². The Kier molecular flexibility index (Phi) is 18.0. The molecule has 0 radical (unpaired) electrons. The highest BCUT2D eigenvalue weighted by molar-refractivity contribution is 6.07. The summed E-state index contributed by atoms with van der Waals surface area (Å²) in [6, 6.07) is 31.6. The Balaban J connectivity index is 0.960. The predicted molar refractivity (Wildman–Crippen MR) is 359 cm³/mol. The molecule has 6 aliphatic carbocycles. The smallest absolute Gasteiger partial charge is 0.340 e. The summed E-state index contributed by atoms with van der Waals surface area (Å²) < 4.78 is 13.6. The Bertz CT molecular complexity index is 3640. The van der Waals surface area contributed by atoms with Gasteiger partial charge in [-0.2, -0.15) is 0 Å². The molecule has 1 spiro atoms. The predicted octanol–water partition coefficient (Wildman–Crippen LogP) is 11.6. The van der Waals surface area contributed by atoms with Crippen molar-refractivity contribution in [2.45, 2.75) is 172 Å². The van der Waals surface area contributed by atoms with Gasteiger partial charge in [-0.05, 0) is 258 Å². The van der Waals surface area contributed by atoms with Gasteiger partial charge in [-0.3, -0.25) is 0 Å². The van der Waals surface area contributed by atoms with E-state index in [2.05, 4.69) is 119 Å². The van der Waals surface area contributed by atoms with Gasteiger partial charge < -0.3 is 56.5 Å². The number of β-amino-alcohol motifs (C(OH)–C–C–N with tert-alkyl or cyclic N) is 1. The molecule has 0 aromatic heterocycles. The van der Waals surface area contributed by atoms with E-state index < -0.39 is 28.5 Å². The Morgan fingerprint density at radius 1 is 0.826 bits per heavy atom. The number of rotatable bonds is 12. The number of piperidine rings is 1. The van der Waals surface area contributed by atoms with Crippen molar-refractivity contribution in [1.29, 1.82) is 0 Å². The zero-order chi connectivity index (χ0) is 63.4. The van der Waals surface area contributed by atoms with E-state index >= 15 is 9.59 Å². The molecule has 4 aromatic rings. The Labute approximate surface area is 544 Å². The van der Waals surface area contributed by atoms with Crippen LogP contribution in [-0.2, 0) is 45.0 Å². The van der Waals surface area contributed by atoms with Crippen molar-refractivity contribution in [2.24, 2.45) is 58.2 Å². The number of nitrogens with one attached hydrogen (secondary N) is 5. The molecule has 4 aromatic carbocycles. The van der Waals surface area contributed by atoms with Crippen molar-refractivity contribution in [3.05, 3.63) is 165 Å². The highest BCUT2D eigenvalue weighted by Crippen LogP contribution is 2.72. The normalized spacial score (nSPS) is 33.8. The molecule has 13 atom stereocenters. The van der Waals surface area contributed by atoms with Crippen molar-refractivity contribution >= 4 is 17.5 Å². The molecule has 14 bridgehead atoms. The average molecular weight is 1240 g/mol. The highest BCUT2D eigenvalue weighted by Gasteiger charge is 2.69. The molecule has 2 saturated heterocycles. The van der Waals surface area contributed by atoms with Gasteiger partial charge in [0.15, 0.2) is 0 Å². The van der Waals surface area contributed by atoms with Gasteiger partial charge in [-0.15, -0.1) is 0 Å². The molecule has 0 unspecified atom stereocenters. The van der Waals surface area contributed by atoms with Crippen molar-refractivity contribution in [1.82, 2.24) is 26.6 Å². The molecular formula is C79H97N5O8. The minimum absolute atomic E-state index is 0.0434. The summed E-state index contributed by atoms with van der Waals surface area (Å²) in [6.07, 6.45) is 19.1. The van der Waals surface area contributed by atoms with Crippen LogP contribution in [0.15, 0.2) is 131 Å². The molecule has 6 heterocycles. The summed E-state index contributed by atoms with van der Waals surface area (Å²) in [5.74, 6) is 7.32. The summed E-state index contributed by atoms with van der Waals surface area (Å²) in [5.41, 5.74) is 8.52. The Morgan fingerprint density at radius 2 is 1.68 bits per heavy atom. The molecule has 9 N–H and O–H groups in total. The molecule has 13 heteroatoms. The fraction of sp³-hybridized carbons (Fsp3) is 0.544. The first-order valence-corrected chi connectivity index (χ1v) is 35.2. The van der Waals surface area contributed by atoms with Gasteiger partial charge in [0, 0.05) is 61.7 Å². The molecule has 16 rings (SSSR count). The molecule has 92 heavy (non-hydrogen) atoms. The maximum atomic E-state index is 15.6. The van der Waals surface area contributed by atoms with Crippen LogP contribution in [0.2, 0.25) is 0 Å².